The average Bonchev–Trinajstić information content (AvgIpc) is 2.57. The molecule has 0 radical (unpaired) electrons. The molecule has 1 aliphatic carbocycles. The molecule has 2 aliphatic rings. The SMILES string of the molecule is O=C1CC[C@H](c2ccc(OC3CCC(CO)CC3)cc2)C(=O)N1. The molecule has 1 aromatic rings. The highest BCUT2D eigenvalue weighted by Crippen LogP contribution is 2.29. The summed E-state index contributed by atoms with van der Waals surface area (Å²) in [6.45, 7) is 0.271. The Morgan fingerprint density at radius 3 is 2.35 bits per heavy atom. The summed E-state index contributed by atoms with van der Waals surface area (Å²) < 4.78 is 6.00. The maximum atomic E-state index is 11.9. The van der Waals surface area contributed by atoms with Crippen LogP contribution < -0.4 is 10.1 Å². The van der Waals surface area contributed by atoms with Gasteiger partial charge in [-0.3, -0.25) is 14.9 Å². The van der Waals surface area contributed by atoms with Gasteiger partial charge in [-0.25, -0.2) is 0 Å². The van der Waals surface area contributed by atoms with Crippen molar-refractivity contribution in [2.45, 2.75) is 50.5 Å². The molecule has 23 heavy (non-hydrogen) atoms. The van der Waals surface area contributed by atoms with Crippen molar-refractivity contribution < 1.29 is 19.4 Å². The zero-order valence-electron chi connectivity index (χ0n) is 13.2. The van der Waals surface area contributed by atoms with E-state index in [-0.39, 0.29) is 30.4 Å². The van der Waals surface area contributed by atoms with E-state index in [9.17, 15) is 9.59 Å². The third-order valence-corrected chi connectivity index (χ3v) is 4.88. The smallest absolute Gasteiger partial charge is 0.234 e. The van der Waals surface area contributed by atoms with E-state index in [1.54, 1.807) is 0 Å². The molecule has 0 bridgehead atoms. The molecular formula is C18H23NO4. The zero-order chi connectivity index (χ0) is 16.2. The molecule has 2 fully saturated rings. The zero-order valence-corrected chi connectivity index (χ0v) is 13.2. The van der Waals surface area contributed by atoms with Gasteiger partial charge in [0.05, 0.1) is 12.0 Å². The van der Waals surface area contributed by atoms with Gasteiger partial charge >= 0.3 is 0 Å². The first kappa shape index (κ1) is 16.0. The lowest BCUT2D eigenvalue weighted by Crippen LogP contribution is -2.39. The summed E-state index contributed by atoms with van der Waals surface area (Å²) in [5, 5.41) is 11.6. The van der Waals surface area contributed by atoms with Gasteiger partial charge in [0, 0.05) is 13.0 Å². The van der Waals surface area contributed by atoms with E-state index >= 15 is 0 Å². The van der Waals surface area contributed by atoms with Crippen molar-refractivity contribution in [3.05, 3.63) is 29.8 Å². The van der Waals surface area contributed by atoms with Crippen LogP contribution in [0.2, 0.25) is 0 Å². The average molecular weight is 317 g/mol. The minimum atomic E-state index is -0.248. The summed E-state index contributed by atoms with van der Waals surface area (Å²) in [6, 6.07) is 7.62. The minimum absolute atomic E-state index is 0.190. The number of nitrogens with one attached hydrogen (secondary N) is 1. The summed E-state index contributed by atoms with van der Waals surface area (Å²) in [4.78, 5) is 23.1. The lowest BCUT2D eigenvalue weighted by Gasteiger charge is -2.28. The Balaban J connectivity index is 1.57. The monoisotopic (exact) mass is 317 g/mol. The maximum Gasteiger partial charge on any atom is 0.234 e. The lowest BCUT2D eigenvalue weighted by molar-refractivity contribution is -0.134. The first-order chi connectivity index (χ1) is 11.2. The number of ether oxygens (including phenoxy) is 1. The Morgan fingerprint density at radius 1 is 1.04 bits per heavy atom. The molecule has 0 aromatic heterocycles. The van der Waals surface area contributed by atoms with Crippen molar-refractivity contribution in [2.75, 3.05) is 6.61 Å². The maximum absolute atomic E-state index is 11.9. The number of carbonyl (C=O) groups is 2. The topological polar surface area (TPSA) is 75.6 Å². The fraction of sp³-hybridized carbons (Fsp3) is 0.556. The number of aliphatic hydroxyl groups is 1. The molecule has 3 rings (SSSR count). The summed E-state index contributed by atoms with van der Waals surface area (Å²) in [5.74, 6) is 0.585. The van der Waals surface area contributed by atoms with Crippen LogP contribution >= 0.6 is 0 Å². The fourth-order valence-electron chi connectivity index (χ4n) is 3.42. The fourth-order valence-corrected chi connectivity index (χ4v) is 3.42. The van der Waals surface area contributed by atoms with Crippen molar-refractivity contribution in [3.63, 3.8) is 0 Å². The van der Waals surface area contributed by atoms with Crippen LogP contribution in [0, 0.1) is 5.92 Å². The second kappa shape index (κ2) is 7.13. The van der Waals surface area contributed by atoms with Crippen molar-refractivity contribution >= 4 is 11.8 Å². The van der Waals surface area contributed by atoms with Crippen LogP contribution in [-0.2, 0) is 9.59 Å². The molecule has 2 amide bonds. The first-order valence-electron chi connectivity index (χ1n) is 8.37. The van der Waals surface area contributed by atoms with Gasteiger partial charge in [-0.2, -0.15) is 0 Å². The lowest BCUT2D eigenvalue weighted by atomic mass is 9.88. The van der Waals surface area contributed by atoms with Crippen LogP contribution in [0.15, 0.2) is 24.3 Å². The van der Waals surface area contributed by atoms with Crippen LogP contribution in [0.5, 0.6) is 5.75 Å². The predicted octanol–water partition coefficient (Wildman–Crippen LogP) is 2.14. The van der Waals surface area contributed by atoms with Gasteiger partial charge in [-0.1, -0.05) is 12.1 Å². The van der Waals surface area contributed by atoms with Gasteiger partial charge < -0.3 is 9.84 Å². The third-order valence-electron chi connectivity index (χ3n) is 4.88. The molecule has 5 nitrogen and oxygen atoms in total. The molecule has 0 unspecified atom stereocenters. The van der Waals surface area contributed by atoms with Gasteiger partial charge in [0.15, 0.2) is 0 Å². The van der Waals surface area contributed by atoms with E-state index in [2.05, 4.69) is 5.32 Å². The normalized spacial score (nSPS) is 28.3. The molecule has 0 spiro atoms. The second-order valence-electron chi connectivity index (χ2n) is 6.52. The number of amides is 2. The Morgan fingerprint density at radius 2 is 1.74 bits per heavy atom. The molecule has 5 heteroatoms. The van der Waals surface area contributed by atoms with Crippen LogP contribution in [0.1, 0.15) is 50.0 Å². The van der Waals surface area contributed by atoms with Gasteiger partial charge in [-0.05, 0) is 55.7 Å². The number of benzene rings is 1. The van der Waals surface area contributed by atoms with Crippen LogP contribution in [0.25, 0.3) is 0 Å². The highest BCUT2D eigenvalue weighted by Gasteiger charge is 2.28. The number of imide groups is 1. The summed E-state index contributed by atoms with van der Waals surface area (Å²) in [5.41, 5.74) is 0.923. The third kappa shape index (κ3) is 3.91. The Labute approximate surface area is 136 Å². The van der Waals surface area contributed by atoms with E-state index in [1.807, 2.05) is 24.3 Å². The largest absolute Gasteiger partial charge is 0.490 e. The molecule has 2 N–H and O–H groups in total. The Hall–Kier alpha value is -1.88. The molecule has 1 saturated heterocycles. The van der Waals surface area contributed by atoms with Crippen molar-refractivity contribution in [1.82, 2.24) is 5.32 Å². The van der Waals surface area contributed by atoms with Crippen LogP contribution in [0.3, 0.4) is 0 Å². The number of hydrogen-bond donors (Lipinski definition) is 2. The van der Waals surface area contributed by atoms with Gasteiger partial charge in [0.2, 0.25) is 11.8 Å². The Kier molecular flexibility index (Phi) is 4.96. The summed E-state index contributed by atoms with van der Waals surface area (Å²) in [6.07, 6.45) is 5.13. The second-order valence-corrected chi connectivity index (χ2v) is 6.52. The van der Waals surface area contributed by atoms with E-state index in [4.69, 9.17) is 9.84 Å². The first-order valence-corrected chi connectivity index (χ1v) is 8.37. The molecule has 1 saturated carbocycles. The summed E-state index contributed by atoms with van der Waals surface area (Å²) in [7, 11) is 0. The van der Waals surface area contributed by atoms with E-state index in [0.29, 0.717) is 18.8 Å². The number of carbonyl (C=O) groups excluding carboxylic acids is 2. The molecule has 1 aliphatic heterocycles. The van der Waals surface area contributed by atoms with Gasteiger partial charge in [0.25, 0.3) is 0 Å². The van der Waals surface area contributed by atoms with Crippen LogP contribution in [0.4, 0.5) is 0 Å². The van der Waals surface area contributed by atoms with Crippen molar-refractivity contribution in [2.24, 2.45) is 5.92 Å². The molecule has 1 aromatic carbocycles. The van der Waals surface area contributed by atoms with Crippen molar-refractivity contribution in [3.8, 4) is 5.75 Å². The quantitative estimate of drug-likeness (QED) is 0.834. The predicted molar refractivity (Wildman–Crippen MR) is 85.0 cm³/mol. The number of hydrogen-bond acceptors (Lipinski definition) is 4. The molecule has 1 heterocycles. The number of piperidine rings is 1. The highest BCUT2D eigenvalue weighted by molar-refractivity contribution is 6.00. The van der Waals surface area contributed by atoms with E-state index in [1.165, 1.54) is 0 Å². The summed E-state index contributed by atoms with van der Waals surface area (Å²) >= 11 is 0. The minimum Gasteiger partial charge on any atom is -0.490 e. The molecular weight excluding hydrogens is 294 g/mol. The molecule has 124 valence electrons. The van der Waals surface area contributed by atoms with Crippen molar-refractivity contribution in [1.29, 1.82) is 0 Å². The highest BCUT2D eigenvalue weighted by atomic mass is 16.5. The Bertz CT molecular complexity index is 561. The molecule has 1 atom stereocenters. The standard InChI is InChI=1S/C18H23NO4/c20-11-12-1-5-14(6-2-12)23-15-7-3-13(4-8-15)16-9-10-17(21)19-18(16)22/h3-4,7-8,12,14,16,20H,1-2,5-6,9-11H2,(H,19,21,22)/t12?,14?,16-/m1/s1. The number of aliphatic hydroxyl groups excluding tert-OH is 1. The van der Waals surface area contributed by atoms with E-state index < -0.39 is 0 Å². The van der Waals surface area contributed by atoms with Gasteiger partial charge in [-0.15, -0.1) is 0 Å². The van der Waals surface area contributed by atoms with E-state index in [0.717, 1.165) is 37.0 Å². The van der Waals surface area contributed by atoms with Crippen LogP contribution in [-0.4, -0.2) is 29.6 Å². The number of rotatable bonds is 4. The van der Waals surface area contributed by atoms with Gasteiger partial charge in [0.1, 0.15) is 5.75 Å².